The number of hydrogen-bond acceptors (Lipinski definition) is 4. The Labute approximate surface area is 148 Å². The summed E-state index contributed by atoms with van der Waals surface area (Å²) in [5, 5.41) is 8.09. The molecule has 2 rings (SSSR count). The molecule has 9 heteroatoms. The first-order chi connectivity index (χ1) is 11.7. The van der Waals surface area contributed by atoms with E-state index in [0.717, 1.165) is 5.56 Å². The van der Waals surface area contributed by atoms with Gasteiger partial charge in [0.15, 0.2) is 0 Å². The van der Waals surface area contributed by atoms with Gasteiger partial charge in [-0.25, -0.2) is 9.53 Å². The molecule has 1 aliphatic rings. The number of benzene rings is 1. The van der Waals surface area contributed by atoms with Crippen LogP contribution in [0.15, 0.2) is 24.3 Å². The SMILES string of the molecule is CC(C)C(NC(=O)CN1CCN(S(N)(=O)=O)CC1)c1ccc(F)cc1. The second-order valence-electron chi connectivity index (χ2n) is 6.56. The Morgan fingerprint density at radius 3 is 2.24 bits per heavy atom. The zero-order valence-corrected chi connectivity index (χ0v) is 15.3. The van der Waals surface area contributed by atoms with Gasteiger partial charge in [-0.05, 0) is 23.6 Å². The van der Waals surface area contributed by atoms with Crippen LogP contribution < -0.4 is 10.5 Å². The maximum absolute atomic E-state index is 13.1. The van der Waals surface area contributed by atoms with Gasteiger partial charge in [0.25, 0.3) is 10.2 Å². The molecule has 1 aromatic carbocycles. The van der Waals surface area contributed by atoms with Gasteiger partial charge in [-0.3, -0.25) is 9.69 Å². The fraction of sp³-hybridized carbons (Fsp3) is 0.562. The molecule has 1 heterocycles. The lowest BCUT2D eigenvalue weighted by Crippen LogP contribution is -2.52. The van der Waals surface area contributed by atoms with Crippen molar-refractivity contribution in [3.8, 4) is 0 Å². The molecule has 1 unspecified atom stereocenters. The van der Waals surface area contributed by atoms with Gasteiger partial charge in [0.05, 0.1) is 12.6 Å². The highest BCUT2D eigenvalue weighted by atomic mass is 32.2. The number of piperazine rings is 1. The molecule has 1 amide bonds. The predicted octanol–water partition coefficient (Wildman–Crippen LogP) is 0.460. The van der Waals surface area contributed by atoms with E-state index in [0.29, 0.717) is 13.1 Å². The molecule has 25 heavy (non-hydrogen) atoms. The summed E-state index contributed by atoms with van der Waals surface area (Å²) in [7, 11) is -3.67. The van der Waals surface area contributed by atoms with Crippen molar-refractivity contribution in [3.63, 3.8) is 0 Å². The summed E-state index contributed by atoms with van der Waals surface area (Å²) in [5.74, 6) is -0.314. The smallest absolute Gasteiger partial charge is 0.276 e. The van der Waals surface area contributed by atoms with Gasteiger partial charge in [-0.1, -0.05) is 26.0 Å². The van der Waals surface area contributed by atoms with E-state index < -0.39 is 10.2 Å². The van der Waals surface area contributed by atoms with Gasteiger partial charge in [0, 0.05) is 26.2 Å². The summed E-state index contributed by atoms with van der Waals surface area (Å²) < 4.78 is 36.9. The minimum Gasteiger partial charge on any atom is -0.348 e. The first kappa shape index (κ1) is 19.8. The number of halogens is 1. The quantitative estimate of drug-likeness (QED) is 0.758. The number of nitrogens with zero attached hydrogens (tertiary/aromatic N) is 2. The van der Waals surface area contributed by atoms with Gasteiger partial charge < -0.3 is 5.32 Å². The third-order valence-corrected chi connectivity index (χ3v) is 5.36. The van der Waals surface area contributed by atoms with Gasteiger partial charge in [0.2, 0.25) is 5.91 Å². The van der Waals surface area contributed by atoms with Crippen molar-refractivity contribution in [2.45, 2.75) is 19.9 Å². The summed E-state index contributed by atoms with van der Waals surface area (Å²) in [6, 6.07) is 5.89. The predicted molar refractivity (Wildman–Crippen MR) is 93.2 cm³/mol. The second-order valence-corrected chi connectivity index (χ2v) is 8.11. The molecule has 140 valence electrons. The summed E-state index contributed by atoms with van der Waals surface area (Å²) in [6.07, 6.45) is 0. The molecule has 7 nitrogen and oxygen atoms in total. The Bertz CT molecular complexity index is 686. The molecule has 0 saturated carbocycles. The standard InChI is InChI=1S/C16H25FN4O3S/c1-12(2)16(13-3-5-14(17)6-4-13)19-15(22)11-20-7-9-21(10-8-20)25(18,23)24/h3-6,12,16H,7-11H2,1-2H3,(H,19,22)(H2,18,23,24). The molecule has 0 spiro atoms. The van der Waals surface area contributed by atoms with Crippen molar-refractivity contribution in [2.75, 3.05) is 32.7 Å². The van der Waals surface area contributed by atoms with Crippen LogP contribution >= 0.6 is 0 Å². The number of amides is 1. The average molecular weight is 372 g/mol. The third kappa shape index (κ3) is 5.74. The van der Waals surface area contributed by atoms with E-state index in [1.54, 1.807) is 12.1 Å². The van der Waals surface area contributed by atoms with Gasteiger partial charge in [-0.2, -0.15) is 12.7 Å². The largest absolute Gasteiger partial charge is 0.348 e. The molecule has 1 aromatic rings. The Balaban J connectivity index is 1.91. The van der Waals surface area contributed by atoms with Crippen LogP contribution in [0.1, 0.15) is 25.5 Å². The first-order valence-electron chi connectivity index (χ1n) is 8.22. The Morgan fingerprint density at radius 1 is 1.20 bits per heavy atom. The van der Waals surface area contributed by atoms with Crippen molar-refractivity contribution in [1.82, 2.24) is 14.5 Å². The van der Waals surface area contributed by atoms with E-state index in [-0.39, 0.29) is 43.3 Å². The van der Waals surface area contributed by atoms with Crippen LogP contribution in [0.3, 0.4) is 0 Å². The van der Waals surface area contributed by atoms with Crippen molar-refractivity contribution in [3.05, 3.63) is 35.6 Å². The minimum atomic E-state index is -3.67. The maximum atomic E-state index is 13.1. The average Bonchev–Trinajstić information content (AvgIpc) is 2.53. The summed E-state index contributed by atoms with van der Waals surface area (Å²) >= 11 is 0. The fourth-order valence-electron chi connectivity index (χ4n) is 2.87. The van der Waals surface area contributed by atoms with E-state index in [9.17, 15) is 17.6 Å². The van der Waals surface area contributed by atoms with Gasteiger partial charge >= 0.3 is 0 Å². The van der Waals surface area contributed by atoms with Crippen molar-refractivity contribution < 1.29 is 17.6 Å². The highest BCUT2D eigenvalue weighted by Gasteiger charge is 2.26. The molecular formula is C16H25FN4O3S. The van der Waals surface area contributed by atoms with Crippen molar-refractivity contribution >= 4 is 16.1 Å². The van der Waals surface area contributed by atoms with E-state index in [4.69, 9.17) is 5.14 Å². The van der Waals surface area contributed by atoms with Crippen molar-refractivity contribution in [2.24, 2.45) is 11.1 Å². The summed E-state index contributed by atoms with van der Waals surface area (Å²) in [4.78, 5) is 14.2. The van der Waals surface area contributed by atoms with Crippen LogP contribution in [0.2, 0.25) is 0 Å². The molecule has 0 aliphatic carbocycles. The molecule has 3 N–H and O–H groups in total. The molecule has 0 radical (unpaired) electrons. The van der Waals surface area contributed by atoms with Crippen LogP contribution in [0, 0.1) is 11.7 Å². The van der Waals surface area contributed by atoms with E-state index in [2.05, 4.69) is 5.32 Å². The Kier molecular flexibility index (Phi) is 6.50. The summed E-state index contributed by atoms with van der Waals surface area (Å²) in [6.45, 7) is 5.61. The zero-order chi connectivity index (χ0) is 18.6. The van der Waals surface area contributed by atoms with Crippen molar-refractivity contribution in [1.29, 1.82) is 0 Å². The normalized spacial score (nSPS) is 18.3. The Morgan fingerprint density at radius 2 is 1.76 bits per heavy atom. The number of nitrogens with one attached hydrogen (secondary N) is 1. The third-order valence-electron chi connectivity index (χ3n) is 4.27. The number of carbonyl (C=O) groups is 1. The number of rotatable bonds is 6. The molecule has 0 bridgehead atoms. The van der Waals surface area contributed by atoms with Crippen LogP contribution in [-0.2, 0) is 15.0 Å². The van der Waals surface area contributed by atoms with Gasteiger partial charge in [-0.15, -0.1) is 0 Å². The van der Waals surface area contributed by atoms with E-state index >= 15 is 0 Å². The molecule has 0 aromatic heterocycles. The van der Waals surface area contributed by atoms with Crippen LogP contribution in [0.4, 0.5) is 4.39 Å². The Hall–Kier alpha value is -1.55. The lowest BCUT2D eigenvalue weighted by Gasteiger charge is -2.33. The molecular weight excluding hydrogens is 347 g/mol. The highest BCUT2D eigenvalue weighted by Crippen LogP contribution is 2.22. The number of carbonyl (C=O) groups excluding carboxylic acids is 1. The first-order valence-corrected chi connectivity index (χ1v) is 9.72. The molecule has 1 saturated heterocycles. The van der Waals surface area contributed by atoms with Crippen LogP contribution in [0.5, 0.6) is 0 Å². The maximum Gasteiger partial charge on any atom is 0.276 e. The summed E-state index contributed by atoms with van der Waals surface area (Å²) in [5.41, 5.74) is 0.851. The topological polar surface area (TPSA) is 95.7 Å². The van der Waals surface area contributed by atoms with Gasteiger partial charge in [0.1, 0.15) is 5.82 Å². The fourth-order valence-corrected chi connectivity index (χ4v) is 3.54. The molecule has 1 fully saturated rings. The van der Waals surface area contributed by atoms with Crippen LogP contribution in [-0.4, -0.2) is 56.3 Å². The van der Waals surface area contributed by atoms with E-state index in [1.165, 1.54) is 16.4 Å². The lowest BCUT2D eigenvalue weighted by atomic mass is 9.96. The molecule has 1 atom stereocenters. The number of nitrogens with two attached hydrogens (primary N) is 1. The van der Waals surface area contributed by atoms with E-state index in [1.807, 2.05) is 18.7 Å². The number of hydrogen-bond donors (Lipinski definition) is 2. The zero-order valence-electron chi connectivity index (χ0n) is 14.5. The highest BCUT2D eigenvalue weighted by molar-refractivity contribution is 7.86. The molecule has 1 aliphatic heterocycles. The minimum absolute atomic E-state index is 0.146. The lowest BCUT2D eigenvalue weighted by molar-refractivity contribution is -0.123. The second kappa shape index (κ2) is 8.22. The monoisotopic (exact) mass is 372 g/mol. The van der Waals surface area contributed by atoms with Crippen LogP contribution in [0.25, 0.3) is 0 Å².